The average Bonchev–Trinajstić information content (AvgIpc) is 3.62. The van der Waals surface area contributed by atoms with E-state index in [1.165, 1.54) is 20.8 Å². The highest BCUT2D eigenvalue weighted by Gasteiger charge is 2.84. The first-order chi connectivity index (χ1) is 21.7. The first-order valence-electron chi connectivity index (χ1n) is 16.5. The van der Waals surface area contributed by atoms with Crippen LogP contribution in [0.4, 0.5) is 0 Å². The van der Waals surface area contributed by atoms with Gasteiger partial charge in [-0.25, -0.2) is 4.79 Å². The van der Waals surface area contributed by atoms with Gasteiger partial charge in [0.15, 0.2) is 11.7 Å². The van der Waals surface area contributed by atoms with Crippen molar-refractivity contribution in [2.45, 2.75) is 116 Å². The maximum Gasteiger partial charge on any atom is 0.343 e. The molecule has 0 spiro atoms. The Balaban J connectivity index is 1.48. The van der Waals surface area contributed by atoms with Crippen LogP contribution in [0.1, 0.15) is 68.2 Å². The molecule has 2 saturated heterocycles. The summed E-state index contributed by atoms with van der Waals surface area (Å²) in [5, 5.41) is 36.7. The van der Waals surface area contributed by atoms with E-state index in [9.17, 15) is 39.3 Å². The van der Waals surface area contributed by atoms with Gasteiger partial charge in [0.05, 0.1) is 17.6 Å². The van der Waals surface area contributed by atoms with Crippen molar-refractivity contribution in [2.24, 2.45) is 51.8 Å². The van der Waals surface area contributed by atoms with E-state index < -0.39 is 123 Å². The number of hydrogen-bond acceptors (Lipinski definition) is 13. The van der Waals surface area contributed by atoms with E-state index in [4.69, 9.17) is 23.7 Å². The quantitative estimate of drug-likeness (QED) is 0.220. The highest BCUT2D eigenvalue weighted by atomic mass is 16.6. The lowest BCUT2D eigenvalue weighted by Gasteiger charge is -2.65. The molecule has 7 aliphatic rings. The fourth-order valence-electron chi connectivity index (χ4n) is 11.8. The van der Waals surface area contributed by atoms with E-state index in [0.717, 1.165) is 6.92 Å². The first kappa shape index (κ1) is 32.7. The number of ether oxygens (including phenoxy) is 5. The number of ketones is 1. The molecule has 17 atom stereocenters. The molecule has 0 aromatic rings. The molecule has 47 heavy (non-hydrogen) atoms. The number of allylic oxidation sites excluding steroid dienone is 1. The number of hydrogen-bond donors (Lipinski definition) is 3. The van der Waals surface area contributed by atoms with Crippen molar-refractivity contribution in [1.29, 1.82) is 0 Å². The molecule has 4 saturated carbocycles. The maximum atomic E-state index is 14.7. The average molecular weight is 661 g/mol. The molecule has 0 aromatic carbocycles. The summed E-state index contributed by atoms with van der Waals surface area (Å²) in [6, 6.07) is 0. The molecule has 3 N–H and O–H groups in total. The van der Waals surface area contributed by atoms with Crippen LogP contribution < -0.4 is 0 Å². The second kappa shape index (κ2) is 9.64. The summed E-state index contributed by atoms with van der Waals surface area (Å²) in [6.45, 7) is 12.1. The van der Waals surface area contributed by atoms with Gasteiger partial charge in [-0.3, -0.25) is 19.2 Å². The Morgan fingerprint density at radius 3 is 2.13 bits per heavy atom. The number of fused-ring (bicyclic) bond motifs is 10. The molecule has 0 amide bonds. The van der Waals surface area contributed by atoms with Gasteiger partial charge in [-0.1, -0.05) is 20.8 Å². The van der Waals surface area contributed by atoms with Crippen LogP contribution in [0.15, 0.2) is 11.8 Å². The highest BCUT2D eigenvalue weighted by molar-refractivity contribution is 5.95. The van der Waals surface area contributed by atoms with Crippen molar-refractivity contribution in [3.63, 3.8) is 0 Å². The number of carbonyl (C=O) groups excluding carboxylic acids is 5. The van der Waals surface area contributed by atoms with Crippen LogP contribution in [0.5, 0.6) is 0 Å². The molecule has 0 unspecified atom stereocenters. The van der Waals surface area contributed by atoms with Crippen LogP contribution in [0, 0.1) is 51.8 Å². The van der Waals surface area contributed by atoms with Gasteiger partial charge in [-0.05, 0) is 44.1 Å². The molecule has 6 fully saturated rings. The topological polar surface area (TPSA) is 195 Å². The molecule has 0 radical (unpaired) electrons. The summed E-state index contributed by atoms with van der Waals surface area (Å²) in [7, 11) is 0. The number of aliphatic hydroxyl groups excluding tert-OH is 1. The van der Waals surface area contributed by atoms with Gasteiger partial charge in [-0.15, -0.1) is 0 Å². The lowest BCUT2D eigenvalue weighted by atomic mass is 9.40. The van der Waals surface area contributed by atoms with Crippen LogP contribution in [-0.4, -0.2) is 92.8 Å². The second-order valence-corrected chi connectivity index (χ2v) is 15.9. The zero-order valence-corrected chi connectivity index (χ0v) is 27.8. The molecule has 0 aromatic heterocycles. The molecule has 0 bridgehead atoms. The molecule has 7 rings (SSSR count). The van der Waals surface area contributed by atoms with Crippen molar-refractivity contribution in [1.82, 2.24) is 0 Å². The van der Waals surface area contributed by atoms with Gasteiger partial charge in [0.25, 0.3) is 0 Å². The van der Waals surface area contributed by atoms with E-state index in [0.29, 0.717) is 0 Å². The van der Waals surface area contributed by atoms with Crippen molar-refractivity contribution < 1.29 is 63.0 Å². The predicted molar refractivity (Wildman–Crippen MR) is 156 cm³/mol. The van der Waals surface area contributed by atoms with Crippen LogP contribution in [-0.2, 0) is 47.7 Å². The molecular weight excluding hydrogens is 616 g/mol. The molecule has 13 heteroatoms. The number of rotatable bonds is 3. The monoisotopic (exact) mass is 660 g/mol. The van der Waals surface area contributed by atoms with E-state index in [2.05, 4.69) is 0 Å². The number of aliphatic hydroxyl groups is 3. The number of carbonyl (C=O) groups is 5. The van der Waals surface area contributed by atoms with E-state index >= 15 is 0 Å². The lowest BCUT2D eigenvalue weighted by molar-refractivity contribution is -0.267. The third-order valence-electron chi connectivity index (χ3n) is 13.9. The maximum absolute atomic E-state index is 14.7. The van der Waals surface area contributed by atoms with E-state index in [1.54, 1.807) is 19.9 Å². The summed E-state index contributed by atoms with van der Waals surface area (Å²) >= 11 is 0. The summed E-state index contributed by atoms with van der Waals surface area (Å²) in [5.74, 6) is -7.77. The molecule has 258 valence electrons. The Bertz CT molecular complexity index is 1520. The minimum absolute atomic E-state index is 0.0124. The summed E-state index contributed by atoms with van der Waals surface area (Å²) < 4.78 is 29.3. The first-order valence-corrected chi connectivity index (χ1v) is 16.5. The van der Waals surface area contributed by atoms with Crippen LogP contribution >= 0.6 is 0 Å². The van der Waals surface area contributed by atoms with Gasteiger partial charge >= 0.3 is 23.9 Å². The summed E-state index contributed by atoms with van der Waals surface area (Å²) in [5.41, 5.74) is -8.25. The predicted octanol–water partition coefficient (Wildman–Crippen LogP) is 0.986. The fourth-order valence-corrected chi connectivity index (χ4v) is 11.8. The molecule has 13 nitrogen and oxygen atoms in total. The zero-order valence-electron chi connectivity index (χ0n) is 27.8. The Morgan fingerprint density at radius 2 is 1.53 bits per heavy atom. The smallest absolute Gasteiger partial charge is 0.343 e. The lowest BCUT2D eigenvalue weighted by Crippen LogP contribution is -2.77. The Kier molecular flexibility index (Phi) is 6.70. The van der Waals surface area contributed by atoms with Crippen molar-refractivity contribution >= 4 is 29.7 Å². The Morgan fingerprint density at radius 1 is 0.915 bits per heavy atom. The van der Waals surface area contributed by atoms with Crippen molar-refractivity contribution in [3.8, 4) is 0 Å². The summed E-state index contributed by atoms with van der Waals surface area (Å²) in [6.07, 6.45) is -4.32. The second-order valence-electron chi connectivity index (χ2n) is 15.9. The standard InChI is InChI=1S/C34H44O13/c1-12-9-19-32(7,33(8,41)29(40)47-19)23-21(12)30(5)18(38)10-16-20(22(30)26(23)44-14(3)36)25(43-13(2)35)27(39)34(42)11-17-24(46-17)28(31(16,34)6)45-15(4)37/h9,12,16-18,20-26,28,38,41-42H,10-11H2,1-8H3/t12-,16+,17+,18+,20-,21+,22-,23+,24+,25-,26-,28+,30-,31+,32+,33-,34+/m1/s1. The Hall–Kier alpha value is -2.87. The third-order valence-corrected chi connectivity index (χ3v) is 13.9. The van der Waals surface area contributed by atoms with Gasteiger partial charge in [-0.2, -0.15) is 0 Å². The number of epoxide rings is 1. The fraction of sp³-hybridized carbons (Fsp3) is 0.794. The van der Waals surface area contributed by atoms with Crippen molar-refractivity contribution in [3.05, 3.63) is 11.8 Å². The van der Waals surface area contributed by atoms with Gasteiger partial charge < -0.3 is 39.0 Å². The minimum Gasteiger partial charge on any atom is -0.462 e. The van der Waals surface area contributed by atoms with Crippen LogP contribution in [0.2, 0.25) is 0 Å². The number of Topliss-reactive ketones (excluding diaryl/α,β-unsaturated/α-hetero) is 1. The van der Waals surface area contributed by atoms with Crippen LogP contribution in [0.25, 0.3) is 0 Å². The van der Waals surface area contributed by atoms with Gasteiger partial charge in [0.2, 0.25) is 5.78 Å². The van der Waals surface area contributed by atoms with E-state index in [-0.39, 0.29) is 24.5 Å². The molecule has 5 aliphatic carbocycles. The highest BCUT2D eigenvalue weighted by Crippen LogP contribution is 2.75. The summed E-state index contributed by atoms with van der Waals surface area (Å²) in [4.78, 5) is 66.0. The Labute approximate surface area is 272 Å². The minimum atomic E-state index is -2.16. The van der Waals surface area contributed by atoms with Gasteiger partial charge in [0.1, 0.15) is 29.7 Å². The van der Waals surface area contributed by atoms with E-state index in [1.807, 2.05) is 13.8 Å². The molecule has 2 heterocycles. The number of esters is 4. The SMILES string of the molecule is CC(=O)O[C@@H]1[C@H]2[C@@H]3[C@@H](OC(C)=O)C(=O)[C@@]4(O)C[C@@H]5O[C@@H]5[C@H](OC(C)=O)[C@]4(C)[C@H]3C[C@H](O)[C@]2(C)[C@@H]2[C@@H]1[C@]1(C)C(=C[C@H]2C)OC(=O)[C@@]1(C)O. The molecular formula is C34H44O13. The largest absolute Gasteiger partial charge is 0.462 e. The normalized spacial score (nSPS) is 55.1. The third kappa shape index (κ3) is 3.72. The van der Waals surface area contributed by atoms with Gasteiger partial charge in [0, 0.05) is 55.8 Å². The van der Waals surface area contributed by atoms with Crippen molar-refractivity contribution in [2.75, 3.05) is 0 Å². The zero-order chi connectivity index (χ0) is 34.5. The molecule has 2 aliphatic heterocycles. The van der Waals surface area contributed by atoms with Crippen LogP contribution in [0.3, 0.4) is 0 Å².